The number of anilines is 2. The lowest BCUT2D eigenvalue weighted by molar-refractivity contribution is 0.152. The number of fused-ring (bicyclic) bond motifs is 1. The summed E-state index contributed by atoms with van der Waals surface area (Å²) in [5.41, 5.74) is 2.14. The molecule has 0 saturated carbocycles. The number of aliphatic hydroxyl groups is 1. The van der Waals surface area contributed by atoms with Gasteiger partial charge < -0.3 is 5.11 Å². The molecular formula is C17H20Cl2N4O2. The molecule has 0 bridgehead atoms. The normalized spacial score (nSPS) is 14.7. The Bertz CT molecular complexity index is 833. The molecule has 2 heterocycles. The Labute approximate surface area is 156 Å². The van der Waals surface area contributed by atoms with Gasteiger partial charge in [0, 0.05) is 33.5 Å². The van der Waals surface area contributed by atoms with Crippen LogP contribution in [0.4, 0.5) is 11.6 Å². The van der Waals surface area contributed by atoms with E-state index in [0.29, 0.717) is 47.9 Å². The van der Waals surface area contributed by atoms with Crippen molar-refractivity contribution < 1.29 is 5.11 Å². The van der Waals surface area contributed by atoms with Gasteiger partial charge in [-0.2, -0.15) is 0 Å². The fourth-order valence-electron chi connectivity index (χ4n) is 3.11. The molecule has 0 amide bonds. The zero-order valence-electron chi connectivity index (χ0n) is 14.2. The molecule has 0 unspecified atom stereocenters. The van der Waals surface area contributed by atoms with Gasteiger partial charge in [0.1, 0.15) is 0 Å². The zero-order chi connectivity index (χ0) is 18.1. The first-order valence-corrected chi connectivity index (χ1v) is 8.87. The summed E-state index contributed by atoms with van der Waals surface area (Å²) in [6.45, 7) is 5.13. The number of aryl methyl sites for hydroxylation is 1. The molecule has 134 valence electrons. The largest absolute Gasteiger partial charge is 0.395 e. The van der Waals surface area contributed by atoms with Gasteiger partial charge in [0.25, 0.3) is 5.56 Å². The van der Waals surface area contributed by atoms with Gasteiger partial charge >= 0.3 is 0 Å². The highest BCUT2D eigenvalue weighted by molar-refractivity contribution is 6.35. The standard InChI is InChI=1S/C17H20Cl2N4O2/c1-3-15-11(2)20-17-22(14-7-12(18)6-13(19)8-14)9-21(4-5-24)10-23(17)16(15)25/h6-8,24H,3-5,9-10H2,1-2H3. The van der Waals surface area contributed by atoms with Crippen LogP contribution in [0.25, 0.3) is 0 Å². The van der Waals surface area contributed by atoms with Crippen molar-refractivity contribution in [1.82, 2.24) is 14.5 Å². The Hall–Kier alpha value is -1.60. The zero-order valence-corrected chi connectivity index (χ0v) is 15.7. The highest BCUT2D eigenvalue weighted by Crippen LogP contribution is 2.32. The minimum absolute atomic E-state index is 0.00809. The van der Waals surface area contributed by atoms with Crippen LogP contribution in [0.3, 0.4) is 0 Å². The van der Waals surface area contributed by atoms with Crippen molar-refractivity contribution in [2.45, 2.75) is 26.9 Å². The third kappa shape index (κ3) is 3.53. The molecule has 1 aromatic carbocycles. The molecule has 6 nitrogen and oxygen atoms in total. The predicted octanol–water partition coefficient (Wildman–Crippen LogP) is 2.78. The molecule has 1 aromatic heterocycles. The molecule has 0 aliphatic carbocycles. The Balaban J connectivity index is 2.18. The number of hydrogen-bond donors (Lipinski definition) is 1. The number of aliphatic hydroxyl groups excluding tert-OH is 1. The second kappa shape index (κ2) is 7.33. The summed E-state index contributed by atoms with van der Waals surface area (Å²) < 4.78 is 1.64. The topological polar surface area (TPSA) is 61.6 Å². The van der Waals surface area contributed by atoms with Crippen molar-refractivity contribution in [3.63, 3.8) is 0 Å². The number of hydrogen-bond acceptors (Lipinski definition) is 5. The molecule has 0 spiro atoms. The average Bonchev–Trinajstić information content (AvgIpc) is 2.55. The maximum absolute atomic E-state index is 12.9. The molecular weight excluding hydrogens is 363 g/mol. The fourth-order valence-corrected chi connectivity index (χ4v) is 3.62. The number of benzene rings is 1. The lowest BCUT2D eigenvalue weighted by atomic mass is 10.2. The summed E-state index contributed by atoms with van der Waals surface area (Å²) >= 11 is 12.3. The lowest BCUT2D eigenvalue weighted by Gasteiger charge is -2.38. The van der Waals surface area contributed by atoms with E-state index >= 15 is 0 Å². The fraction of sp³-hybridized carbons (Fsp3) is 0.412. The van der Waals surface area contributed by atoms with E-state index in [2.05, 4.69) is 4.98 Å². The van der Waals surface area contributed by atoms with Gasteiger partial charge in [-0.3, -0.25) is 19.2 Å². The SMILES string of the molecule is CCc1c(C)nc2n(c1=O)CN(CCO)CN2c1cc(Cl)cc(Cl)c1. The molecule has 0 radical (unpaired) electrons. The van der Waals surface area contributed by atoms with Crippen LogP contribution >= 0.6 is 23.2 Å². The van der Waals surface area contributed by atoms with Crippen LogP contribution in [-0.4, -0.2) is 39.4 Å². The Kier molecular flexibility index (Phi) is 5.34. The third-order valence-electron chi connectivity index (χ3n) is 4.30. The number of nitrogens with zero attached hydrogens (tertiary/aromatic N) is 4. The van der Waals surface area contributed by atoms with E-state index in [0.717, 1.165) is 11.4 Å². The summed E-state index contributed by atoms with van der Waals surface area (Å²) in [7, 11) is 0. The third-order valence-corrected chi connectivity index (χ3v) is 4.74. The molecule has 2 aromatic rings. The van der Waals surface area contributed by atoms with Crippen molar-refractivity contribution in [2.75, 3.05) is 24.7 Å². The van der Waals surface area contributed by atoms with Gasteiger partial charge in [-0.15, -0.1) is 0 Å². The molecule has 1 aliphatic heterocycles. The van der Waals surface area contributed by atoms with E-state index in [4.69, 9.17) is 23.2 Å². The first kappa shape index (κ1) is 18.2. The van der Waals surface area contributed by atoms with Gasteiger partial charge in [0.2, 0.25) is 5.95 Å². The second-order valence-corrected chi connectivity index (χ2v) is 6.89. The predicted molar refractivity (Wildman–Crippen MR) is 99.9 cm³/mol. The van der Waals surface area contributed by atoms with Crippen molar-refractivity contribution in [3.05, 3.63) is 49.9 Å². The number of β-amino-alcohol motifs (C(OH)–C–C–N with tert-alkyl or cyclic N) is 1. The molecule has 0 saturated heterocycles. The molecule has 1 N–H and O–H groups in total. The van der Waals surface area contributed by atoms with E-state index in [1.54, 1.807) is 22.8 Å². The van der Waals surface area contributed by atoms with Gasteiger partial charge in [0.15, 0.2) is 0 Å². The summed E-state index contributed by atoms with van der Waals surface area (Å²) in [5.74, 6) is 0.562. The molecule has 8 heteroatoms. The molecule has 3 rings (SSSR count). The number of rotatable bonds is 4. The highest BCUT2D eigenvalue weighted by atomic mass is 35.5. The lowest BCUT2D eigenvalue weighted by Crippen LogP contribution is -2.48. The van der Waals surface area contributed by atoms with E-state index in [-0.39, 0.29) is 12.2 Å². The maximum Gasteiger partial charge on any atom is 0.259 e. The van der Waals surface area contributed by atoms with Crippen molar-refractivity contribution in [1.29, 1.82) is 0 Å². The van der Waals surface area contributed by atoms with Crippen LogP contribution in [-0.2, 0) is 13.1 Å². The van der Waals surface area contributed by atoms with E-state index in [1.165, 1.54) is 0 Å². The minimum Gasteiger partial charge on any atom is -0.395 e. The quantitative estimate of drug-likeness (QED) is 0.880. The molecule has 0 fully saturated rings. The minimum atomic E-state index is -0.0502. The van der Waals surface area contributed by atoms with Crippen LogP contribution in [0.15, 0.2) is 23.0 Å². The molecule has 1 aliphatic rings. The van der Waals surface area contributed by atoms with Crippen molar-refractivity contribution >= 4 is 34.8 Å². The molecule has 25 heavy (non-hydrogen) atoms. The number of halogens is 2. The van der Waals surface area contributed by atoms with E-state index < -0.39 is 0 Å². The van der Waals surface area contributed by atoms with Crippen LogP contribution in [0.5, 0.6) is 0 Å². The second-order valence-electron chi connectivity index (χ2n) is 6.02. The summed E-state index contributed by atoms with van der Waals surface area (Å²) in [6, 6.07) is 5.23. The van der Waals surface area contributed by atoms with Gasteiger partial charge in [-0.05, 0) is 31.5 Å². The smallest absolute Gasteiger partial charge is 0.259 e. The molecule has 0 atom stereocenters. The van der Waals surface area contributed by atoms with E-state index in [9.17, 15) is 9.90 Å². The monoisotopic (exact) mass is 382 g/mol. The number of aromatic nitrogens is 2. The Morgan fingerprint density at radius 2 is 1.88 bits per heavy atom. The first-order valence-electron chi connectivity index (χ1n) is 8.11. The van der Waals surface area contributed by atoms with E-state index in [1.807, 2.05) is 23.6 Å². The Morgan fingerprint density at radius 3 is 2.48 bits per heavy atom. The first-order chi connectivity index (χ1) is 11.9. The van der Waals surface area contributed by atoms with Crippen LogP contribution in [0.2, 0.25) is 10.0 Å². The highest BCUT2D eigenvalue weighted by Gasteiger charge is 2.27. The summed E-state index contributed by atoms with van der Waals surface area (Å²) in [5, 5.41) is 10.3. The summed E-state index contributed by atoms with van der Waals surface area (Å²) in [4.78, 5) is 21.4. The van der Waals surface area contributed by atoms with Crippen molar-refractivity contribution in [2.24, 2.45) is 0 Å². The Morgan fingerprint density at radius 1 is 1.20 bits per heavy atom. The van der Waals surface area contributed by atoms with Crippen molar-refractivity contribution in [3.8, 4) is 0 Å². The van der Waals surface area contributed by atoms with Crippen LogP contribution in [0, 0.1) is 6.92 Å². The maximum atomic E-state index is 12.9. The van der Waals surface area contributed by atoms with Crippen LogP contribution < -0.4 is 10.5 Å². The van der Waals surface area contributed by atoms with Gasteiger partial charge in [-0.25, -0.2) is 4.98 Å². The van der Waals surface area contributed by atoms with Gasteiger partial charge in [-0.1, -0.05) is 30.1 Å². The summed E-state index contributed by atoms with van der Waals surface area (Å²) in [6.07, 6.45) is 0.626. The van der Waals surface area contributed by atoms with Crippen LogP contribution in [0.1, 0.15) is 18.2 Å². The average molecular weight is 383 g/mol. The van der Waals surface area contributed by atoms with Gasteiger partial charge in [0.05, 0.1) is 19.9 Å².